The zero-order chi connectivity index (χ0) is 14.8. The van der Waals surface area contributed by atoms with E-state index in [9.17, 15) is 4.79 Å². The fraction of sp³-hybridized carbons (Fsp3) is 0.857. The van der Waals surface area contributed by atoms with Crippen molar-refractivity contribution in [2.24, 2.45) is 4.99 Å². The average Bonchev–Trinajstić information content (AvgIpc) is 2.93. The highest BCUT2D eigenvalue weighted by atomic mass is 32.2. The standard InChI is InChI=1S/C14H28N4OS/c1-4-13(19)18-9-7-12(11-18)17-14(15-2)16-8-5-6-10-20-3/h12H,4-11H2,1-3H3,(H2,15,16,17). The SMILES string of the molecule is CCC(=O)N1CCC(NC(=NC)NCCCCSC)C1. The third-order valence-electron chi connectivity index (χ3n) is 3.48. The summed E-state index contributed by atoms with van der Waals surface area (Å²) >= 11 is 1.89. The number of guanidine groups is 1. The first kappa shape index (κ1) is 17.1. The van der Waals surface area contributed by atoms with Crippen molar-refractivity contribution in [3.05, 3.63) is 0 Å². The lowest BCUT2D eigenvalue weighted by Gasteiger charge is -2.18. The normalized spacial score (nSPS) is 19.2. The van der Waals surface area contributed by atoms with E-state index in [0.717, 1.165) is 38.4 Å². The first-order chi connectivity index (χ1) is 9.71. The predicted octanol–water partition coefficient (Wildman–Crippen LogP) is 1.31. The number of nitrogens with zero attached hydrogens (tertiary/aromatic N) is 2. The lowest BCUT2D eigenvalue weighted by molar-refractivity contribution is -0.129. The van der Waals surface area contributed by atoms with E-state index in [2.05, 4.69) is 21.9 Å². The van der Waals surface area contributed by atoms with Gasteiger partial charge in [-0.3, -0.25) is 9.79 Å². The molecule has 5 nitrogen and oxygen atoms in total. The summed E-state index contributed by atoms with van der Waals surface area (Å²) in [6.45, 7) is 4.51. The molecular formula is C14H28N4OS. The Morgan fingerprint density at radius 2 is 2.25 bits per heavy atom. The average molecular weight is 300 g/mol. The molecule has 1 atom stereocenters. The second kappa shape index (κ2) is 9.91. The van der Waals surface area contributed by atoms with E-state index in [-0.39, 0.29) is 5.91 Å². The minimum Gasteiger partial charge on any atom is -0.356 e. The highest BCUT2D eigenvalue weighted by Crippen LogP contribution is 2.10. The van der Waals surface area contributed by atoms with Crippen molar-refractivity contribution in [2.75, 3.05) is 38.7 Å². The summed E-state index contributed by atoms with van der Waals surface area (Å²) in [5.41, 5.74) is 0. The van der Waals surface area contributed by atoms with Gasteiger partial charge in [-0.15, -0.1) is 0 Å². The largest absolute Gasteiger partial charge is 0.356 e. The molecule has 1 aliphatic heterocycles. The van der Waals surface area contributed by atoms with Crippen LogP contribution in [0, 0.1) is 0 Å². The van der Waals surface area contributed by atoms with Gasteiger partial charge in [-0.2, -0.15) is 11.8 Å². The number of carbonyl (C=O) groups excluding carboxylic acids is 1. The Labute approximate surface area is 127 Å². The summed E-state index contributed by atoms with van der Waals surface area (Å²) in [6, 6.07) is 0.322. The number of aliphatic imine (C=N–C) groups is 1. The Hall–Kier alpha value is -0.910. The zero-order valence-corrected chi connectivity index (χ0v) is 13.8. The van der Waals surface area contributed by atoms with Crippen molar-refractivity contribution in [2.45, 2.75) is 38.6 Å². The molecule has 116 valence electrons. The Balaban J connectivity index is 2.23. The van der Waals surface area contributed by atoms with E-state index in [1.54, 1.807) is 7.05 Å². The number of hydrogen-bond donors (Lipinski definition) is 2. The fourth-order valence-corrected chi connectivity index (χ4v) is 2.79. The maximum absolute atomic E-state index is 11.6. The maximum Gasteiger partial charge on any atom is 0.222 e. The van der Waals surface area contributed by atoms with E-state index in [1.165, 1.54) is 12.2 Å². The molecule has 1 amide bonds. The second-order valence-electron chi connectivity index (χ2n) is 5.02. The molecule has 1 unspecified atom stereocenters. The number of rotatable bonds is 7. The van der Waals surface area contributed by atoms with Gasteiger partial charge >= 0.3 is 0 Å². The summed E-state index contributed by atoms with van der Waals surface area (Å²) in [4.78, 5) is 17.8. The molecular weight excluding hydrogens is 272 g/mol. The number of carbonyl (C=O) groups is 1. The molecule has 1 rings (SSSR count). The first-order valence-corrected chi connectivity index (χ1v) is 8.84. The van der Waals surface area contributed by atoms with Crippen molar-refractivity contribution in [1.29, 1.82) is 0 Å². The highest BCUT2D eigenvalue weighted by Gasteiger charge is 2.25. The van der Waals surface area contributed by atoms with E-state index in [1.807, 2.05) is 23.6 Å². The molecule has 1 heterocycles. The van der Waals surface area contributed by atoms with Gasteiger partial charge in [0.1, 0.15) is 0 Å². The monoisotopic (exact) mass is 300 g/mol. The van der Waals surface area contributed by atoms with Crippen molar-refractivity contribution in [3.8, 4) is 0 Å². The Morgan fingerprint density at radius 1 is 1.45 bits per heavy atom. The molecule has 20 heavy (non-hydrogen) atoms. The lowest BCUT2D eigenvalue weighted by atomic mass is 10.3. The predicted molar refractivity (Wildman–Crippen MR) is 87.4 cm³/mol. The van der Waals surface area contributed by atoms with E-state index in [0.29, 0.717) is 12.5 Å². The van der Waals surface area contributed by atoms with Crippen LogP contribution in [-0.4, -0.2) is 61.5 Å². The summed E-state index contributed by atoms with van der Waals surface area (Å²) < 4.78 is 0. The summed E-state index contributed by atoms with van der Waals surface area (Å²) in [5.74, 6) is 2.31. The van der Waals surface area contributed by atoms with Crippen molar-refractivity contribution in [3.63, 3.8) is 0 Å². The fourth-order valence-electron chi connectivity index (χ4n) is 2.29. The summed E-state index contributed by atoms with van der Waals surface area (Å²) in [7, 11) is 1.79. The first-order valence-electron chi connectivity index (χ1n) is 7.45. The van der Waals surface area contributed by atoms with Gasteiger partial charge in [0.25, 0.3) is 0 Å². The van der Waals surface area contributed by atoms with E-state index in [4.69, 9.17) is 0 Å². The third kappa shape index (κ3) is 6.03. The van der Waals surface area contributed by atoms with Crippen molar-refractivity contribution >= 4 is 23.6 Å². The van der Waals surface area contributed by atoms with Crippen LogP contribution in [-0.2, 0) is 4.79 Å². The molecule has 6 heteroatoms. The smallest absolute Gasteiger partial charge is 0.222 e. The number of thioether (sulfide) groups is 1. The second-order valence-corrected chi connectivity index (χ2v) is 6.01. The van der Waals surface area contributed by atoms with Gasteiger partial charge in [-0.25, -0.2) is 0 Å². The minimum absolute atomic E-state index is 0.245. The van der Waals surface area contributed by atoms with Crippen LogP contribution in [0.4, 0.5) is 0 Å². The molecule has 0 saturated carbocycles. The van der Waals surface area contributed by atoms with Gasteiger partial charge in [0.05, 0.1) is 0 Å². The van der Waals surface area contributed by atoms with Gasteiger partial charge in [0.15, 0.2) is 5.96 Å². The number of hydrogen-bond acceptors (Lipinski definition) is 3. The van der Waals surface area contributed by atoms with E-state index >= 15 is 0 Å². The minimum atomic E-state index is 0.245. The molecule has 0 bridgehead atoms. The van der Waals surface area contributed by atoms with Gasteiger partial charge < -0.3 is 15.5 Å². The van der Waals surface area contributed by atoms with Crippen molar-refractivity contribution in [1.82, 2.24) is 15.5 Å². The van der Waals surface area contributed by atoms with Crippen LogP contribution in [0.1, 0.15) is 32.6 Å². The number of amides is 1. The van der Waals surface area contributed by atoms with Crippen LogP contribution < -0.4 is 10.6 Å². The van der Waals surface area contributed by atoms with Gasteiger partial charge in [-0.05, 0) is 31.3 Å². The molecule has 2 N–H and O–H groups in total. The maximum atomic E-state index is 11.6. The Morgan fingerprint density at radius 3 is 2.90 bits per heavy atom. The van der Waals surface area contributed by atoms with Gasteiger partial charge in [0, 0.05) is 39.1 Å². The summed E-state index contributed by atoms with van der Waals surface area (Å²) in [5, 5.41) is 6.74. The third-order valence-corrected chi connectivity index (χ3v) is 4.17. The lowest BCUT2D eigenvalue weighted by Crippen LogP contribution is -2.45. The molecule has 1 aliphatic rings. The molecule has 1 saturated heterocycles. The van der Waals surface area contributed by atoms with E-state index < -0.39 is 0 Å². The molecule has 0 aromatic heterocycles. The highest BCUT2D eigenvalue weighted by molar-refractivity contribution is 7.98. The van der Waals surface area contributed by atoms with Crippen LogP contribution in [0.2, 0.25) is 0 Å². The van der Waals surface area contributed by atoms with Crippen LogP contribution in [0.5, 0.6) is 0 Å². The topological polar surface area (TPSA) is 56.7 Å². The molecule has 1 fully saturated rings. The van der Waals surface area contributed by atoms with Gasteiger partial charge in [0.2, 0.25) is 5.91 Å². The van der Waals surface area contributed by atoms with Crippen molar-refractivity contribution < 1.29 is 4.79 Å². The molecule has 0 aromatic rings. The molecule has 0 radical (unpaired) electrons. The molecule has 0 spiro atoms. The van der Waals surface area contributed by atoms with Crippen LogP contribution >= 0.6 is 11.8 Å². The zero-order valence-electron chi connectivity index (χ0n) is 12.9. The van der Waals surface area contributed by atoms with Crippen LogP contribution in [0.25, 0.3) is 0 Å². The van der Waals surface area contributed by atoms with Gasteiger partial charge in [-0.1, -0.05) is 6.92 Å². The Bertz CT molecular complexity index is 322. The van der Waals surface area contributed by atoms with Crippen LogP contribution in [0.15, 0.2) is 4.99 Å². The Kier molecular flexibility index (Phi) is 8.49. The molecule has 0 aromatic carbocycles. The number of nitrogens with one attached hydrogen (secondary N) is 2. The van der Waals surface area contributed by atoms with Crippen LogP contribution in [0.3, 0.4) is 0 Å². The number of unbranched alkanes of at least 4 members (excludes halogenated alkanes) is 1. The quantitative estimate of drug-likeness (QED) is 0.423. The summed E-state index contributed by atoms with van der Waals surface area (Å²) in [6.07, 6.45) is 6.12. The number of likely N-dealkylation sites (tertiary alicyclic amines) is 1. The molecule has 0 aliphatic carbocycles.